The highest BCUT2D eigenvalue weighted by atomic mass is 35.5. The molecule has 1 aliphatic rings. The van der Waals surface area contributed by atoms with Crippen molar-refractivity contribution in [2.75, 3.05) is 17.6 Å². The summed E-state index contributed by atoms with van der Waals surface area (Å²) in [5.74, 6) is -4.18. The molecule has 5 rings (SSSR count). The summed E-state index contributed by atoms with van der Waals surface area (Å²) < 4.78 is 66.4. The number of fused-ring (bicyclic) bond motifs is 2. The average Bonchev–Trinajstić information content (AvgIpc) is 3.36. The second kappa shape index (κ2) is 8.26. The van der Waals surface area contributed by atoms with Gasteiger partial charge in [0, 0.05) is 24.5 Å². The Morgan fingerprint density at radius 1 is 1.11 bits per heavy atom. The van der Waals surface area contributed by atoms with Gasteiger partial charge in [-0.2, -0.15) is 41.7 Å². The molecule has 1 atom stereocenters. The fourth-order valence-electron chi connectivity index (χ4n) is 4.39. The third kappa shape index (κ3) is 3.89. The minimum absolute atomic E-state index is 0.0529. The molecule has 0 bridgehead atoms. The highest BCUT2D eigenvalue weighted by molar-refractivity contribution is 6.30. The van der Waals surface area contributed by atoms with Crippen molar-refractivity contribution in [2.24, 2.45) is 0 Å². The molecule has 0 spiro atoms. The number of halogens is 6. The maximum Gasteiger partial charge on any atom is 0.453 e. The van der Waals surface area contributed by atoms with E-state index in [9.17, 15) is 22.0 Å². The molecule has 4 heterocycles. The lowest BCUT2D eigenvalue weighted by atomic mass is 9.81. The average molecular weight is 524 g/mol. The molecule has 1 unspecified atom stereocenters. The standard InChI is InChI=1S/C23H19ClF5N7/c1-21(16-7-6-12(24)10-31-16)11-32-19-17(21)18(30)33-20(34-19)36-15-5-3-2-4-13(15)14(35-36)8-9-22(25,26)23(27,28)29/h2-7,10H,8-9,11H2,1H3,(H3,30,32,33,34). The summed E-state index contributed by atoms with van der Waals surface area (Å²) in [5.41, 5.74) is 7.56. The summed E-state index contributed by atoms with van der Waals surface area (Å²) in [7, 11) is 0. The summed E-state index contributed by atoms with van der Waals surface area (Å²) in [6.45, 7) is 2.36. The lowest BCUT2D eigenvalue weighted by Crippen LogP contribution is -2.36. The monoisotopic (exact) mass is 523 g/mol. The summed E-state index contributed by atoms with van der Waals surface area (Å²) in [6, 6.07) is 10.1. The molecule has 0 amide bonds. The molecule has 0 fully saturated rings. The van der Waals surface area contributed by atoms with Crippen molar-refractivity contribution >= 4 is 34.1 Å². The van der Waals surface area contributed by atoms with Crippen LogP contribution in [0.1, 0.15) is 30.3 Å². The van der Waals surface area contributed by atoms with Gasteiger partial charge in [0.15, 0.2) is 0 Å². The third-order valence-corrected chi connectivity index (χ3v) is 6.55. The van der Waals surface area contributed by atoms with Gasteiger partial charge >= 0.3 is 12.1 Å². The number of nitrogens with two attached hydrogens (primary N) is 1. The summed E-state index contributed by atoms with van der Waals surface area (Å²) in [4.78, 5) is 13.4. The Hall–Kier alpha value is -3.54. The zero-order valence-electron chi connectivity index (χ0n) is 18.7. The Labute approximate surface area is 206 Å². The van der Waals surface area contributed by atoms with Crippen LogP contribution in [0.3, 0.4) is 0 Å². The molecular formula is C23H19ClF5N7. The molecule has 1 aromatic carbocycles. The Balaban J connectivity index is 1.55. The highest BCUT2D eigenvalue weighted by Gasteiger charge is 2.56. The van der Waals surface area contributed by atoms with E-state index < -0.39 is 30.4 Å². The van der Waals surface area contributed by atoms with E-state index in [-0.39, 0.29) is 17.5 Å². The highest BCUT2D eigenvalue weighted by Crippen LogP contribution is 2.43. The van der Waals surface area contributed by atoms with E-state index in [2.05, 4.69) is 25.4 Å². The number of alkyl halides is 5. The van der Waals surface area contributed by atoms with Gasteiger partial charge in [-0.1, -0.05) is 29.8 Å². The van der Waals surface area contributed by atoms with Crippen LogP contribution in [-0.2, 0) is 11.8 Å². The van der Waals surface area contributed by atoms with Crippen molar-refractivity contribution < 1.29 is 22.0 Å². The number of nitrogens with zero attached hydrogens (tertiary/aromatic N) is 5. The molecule has 4 aromatic rings. The molecule has 3 aromatic heterocycles. The van der Waals surface area contributed by atoms with E-state index in [0.717, 1.165) is 0 Å². The van der Waals surface area contributed by atoms with E-state index in [1.54, 1.807) is 36.4 Å². The Kier molecular flexibility index (Phi) is 5.54. The lowest BCUT2D eigenvalue weighted by Gasteiger charge is -2.24. The SMILES string of the molecule is CC1(c2ccc(Cl)cn2)CNc2nc(-n3nc(CCC(F)(F)C(F)(F)F)c4ccccc43)nc(N)c21. The molecule has 0 radical (unpaired) electrons. The fourth-order valence-corrected chi connectivity index (χ4v) is 4.50. The number of aromatic nitrogens is 5. The molecule has 1 aliphatic heterocycles. The van der Waals surface area contributed by atoms with Gasteiger partial charge in [-0.3, -0.25) is 4.98 Å². The minimum Gasteiger partial charge on any atom is -0.383 e. The van der Waals surface area contributed by atoms with Crippen molar-refractivity contribution in [3.05, 3.63) is 64.6 Å². The zero-order chi connectivity index (χ0) is 25.9. The molecule has 0 saturated carbocycles. The van der Waals surface area contributed by atoms with Crippen LogP contribution in [0.4, 0.5) is 33.6 Å². The molecule has 0 aliphatic carbocycles. The van der Waals surface area contributed by atoms with Gasteiger partial charge < -0.3 is 11.1 Å². The van der Waals surface area contributed by atoms with Gasteiger partial charge in [0.25, 0.3) is 5.95 Å². The first-order valence-electron chi connectivity index (χ1n) is 10.9. The van der Waals surface area contributed by atoms with Gasteiger partial charge in [-0.05, 0) is 31.5 Å². The summed E-state index contributed by atoms with van der Waals surface area (Å²) in [5, 5.41) is 8.40. The number of para-hydroxylation sites is 1. The molecule has 7 nitrogen and oxygen atoms in total. The number of nitrogen functional groups attached to an aromatic ring is 1. The molecule has 13 heteroatoms. The fraction of sp³-hybridized carbons (Fsp3) is 0.304. The normalized spacial score (nSPS) is 17.9. The molecular weight excluding hydrogens is 505 g/mol. The number of nitrogens with one attached hydrogen (secondary N) is 1. The zero-order valence-corrected chi connectivity index (χ0v) is 19.5. The largest absolute Gasteiger partial charge is 0.453 e. The third-order valence-electron chi connectivity index (χ3n) is 6.32. The maximum absolute atomic E-state index is 13.6. The van der Waals surface area contributed by atoms with Crippen LogP contribution in [0.25, 0.3) is 16.9 Å². The number of hydrogen-bond acceptors (Lipinski definition) is 6. The van der Waals surface area contributed by atoms with Crippen LogP contribution in [0.15, 0.2) is 42.6 Å². The number of aryl methyl sites for hydroxylation is 1. The Bertz CT molecular complexity index is 1450. The van der Waals surface area contributed by atoms with E-state index in [1.165, 1.54) is 10.9 Å². The van der Waals surface area contributed by atoms with Crippen molar-refractivity contribution in [3.63, 3.8) is 0 Å². The van der Waals surface area contributed by atoms with E-state index in [1.807, 2.05) is 6.92 Å². The molecule has 36 heavy (non-hydrogen) atoms. The van der Waals surface area contributed by atoms with Crippen LogP contribution < -0.4 is 11.1 Å². The Morgan fingerprint density at radius 2 is 1.86 bits per heavy atom. The van der Waals surface area contributed by atoms with E-state index in [4.69, 9.17) is 17.3 Å². The van der Waals surface area contributed by atoms with E-state index >= 15 is 0 Å². The van der Waals surface area contributed by atoms with Crippen molar-refractivity contribution in [1.82, 2.24) is 24.7 Å². The summed E-state index contributed by atoms with van der Waals surface area (Å²) in [6.07, 6.45) is -6.14. The number of hydrogen-bond donors (Lipinski definition) is 2. The second-order valence-electron chi connectivity index (χ2n) is 8.76. The second-order valence-corrected chi connectivity index (χ2v) is 9.19. The van der Waals surface area contributed by atoms with Crippen LogP contribution >= 0.6 is 11.6 Å². The predicted molar refractivity (Wildman–Crippen MR) is 125 cm³/mol. The molecule has 0 saturated heterocycles. The van der Waals surface area contributed by atoms with Gasteiger partial charge in [-0.25, -0.2) is 0 Å². The molecule has 3 N–H and O–H groups in total. The first kappa shape index (κ1) is 24.2. The smallest absolute Gasteiger partial charge is 0.383 e. The topological polar surface area (TPSA) is 94.5 Å². The van der Waals surface area contributed by atoms with E-state index in [0.29, 0.717) is 39.5 Å². The number of anilines is 2. The van der Waals surface area contributed by atoms with Gasteiger partial charge in [0.2, 0.25) is 0 Å². The van der Waals surface area contributed by atoms with Crippen LogP contribution in [0.2, 0.25) is 5.02 Å². The van der Waals surface area contributed by atoms with Gasteiger partial charge in [-0.15, -0.1) is 0 Å². The van der Waals surface area contributed by atoms with Crippen LogP contribution in [0, 0.1) is 0 Å². The van der Waals surface area contributed by atoms with Crippen molar-refractivity contribution in [3.8, 4) is 5.95 Å². The van der Waals surface area contributed by atoms with Crippen molar-refractivity contribution in [1.29, 1.82) is 0 Å². The van der Waals surface area contributed by atoms with Crippen LogP contribution in [0.5, 0.6) is 0 Å². The number of benzene rings is 1. The summed E-state index contributed by atoms with van der Waals surface area (Å²) >= 11 is 5.97. The van der Waals surface area contributed by atoms with Crippen molar-refractivity contribution in [2.45, 2.75) is 37.3 Å². The molecule has 188 valence electrons. The number of pyridine rings is 1. The van der Waals surface area contributed by atoms with Gasteiger partial charge in [0.1, 0.15) is 11.6 Å². The lowest BCUT2D eigenvalue weighted by molar-refractivity contribution is -0.284. The Morgan fingerprint density at radius 3 is 2.56 bits per heavy atom. The minimum atomic E-state index is -5.64. The number of rotatable bonds is 5. The van der Waals surface area contributed by atoms with Crippen LogP contribution in [-0.4, -0.2) is 43.4 Å². The first-order valence-corrected chi connectivity index (χ1v) is 11.2. The van der Waals surface area contributed by atoms with Gasteiger partial charge in [0.05, 0.1) is 32.9 Å². The first-order chi connectivity index (χ1) is 16.9. The predicted octanol–water partition coefficient (Wildman–Crippen LogP) is 5.31. The quantitative estimate of drug-likeness (QED) is 0.344. The maximum atomic E-state index is 13.6.